The van der Waals surface area contributed by atoms with Gasteiger partial charge in [-0.2, -0.15) is 5.21 Å². The maximum atomic E-state index is 12.8. The van der Waals surface area contributed by atoms with Crippen LogP contribution in [-0.2, 0) is 29.1 Å². The Balaban J connectivity index is 1.36. The normalized spacial score (nSPS) is 15.7. The van der Waals surface area contributed by atoms with Crippen LogP contribution in [0.15, 0.2) is 48.5 Å². The summed E-state index contributed by atoms with van der Waals surface area (Å²) in [6.07, 6.45) is 6.92. The molecule has 10 heteroatoms. The predicted molar refractivity (Wildman–Crippen MR) is 150 cm³/mol. The molecule has 0 radical (unpaired) electrons. The predicted octanol–water partition coefficient (Wildman–Crippen LogP) is 5.35. The van der Waals surface area contributed by atoms with Gasteiger partial charge in [0.05, 0.1) is 5.69 Å². The second kappa shape index (κ2) is 13.0. The van der Waals surface area contributed by atoms with Crippen LogP contribution in [0.3, 0.4) is 0 Å². The molecule has 0 spiro atoms. The quantitative estimate of drug-likeness (QED) is 0.257. The van der Waals surface area contributed by atoms with Crippen molar-refractivity contribution in [1.29, 1.82) is 0 Å². The molecule has 2 N–H and O–H groups in total. The fourth-order valence-electron chi connectivity index (χ4n) is 5.00. The molecule has 0 bridgehead atoms. The van der Waals surface area contributed by atoms with E-state index in [0.29, 0.717) is 17.5 Å². The van der Waals surface area contributed by atoms with E-state index in [1.54, 1.807) is 0 Å². The minimum Gasteiger partial charge on any atom is -0.458 e. The van der Waals surface area contributed by atoms with Crippen molar-refractivity contribution in [3.63, 3.8) is 0 Å². The molecule has 3 heterocycles. The fraction of sp³-hybridized carbons (Fsp3) is 0.414. The number of rotatable bonds is 10. The Morgan fingerprint density at radius 3 is 2.69 bits per heavy atom. The molecule has 204 valence electrons. The van der Waals surface area contributed by atoms with Crippen molar-refractivity contribution in [3.8, 4) is 22.5 Å². The van der Waals surface area contributed by atoms with Gasteiger partial charge in [-0.15, -0.1) is 10.2 Å². The maximum absolute atomic E-state index is 12.8. The molecule has 1 aliphatic heterocycles. The first-order valence-electron chi connectivity index (χ1n) is 13.7. The lowest BCUT2D eigenvalue weighted by Gasteiger charge is -2.16. The van der Waals surface area contributed by atoms with Gasteiger partial charge in [-0.1, -0.05) is 86.3 Å². The van der Waals surface area contributed by atoms with Crippen molar-refractivity contribution in [1.82, 2.24) is 35.5 Å². The lowest BCUT2D eigenvalue weighted by Crippen LogP contribution is -2.37. The lowest BCUT2D eigenvalue weighted by molar-refractivity contribution is -0.147. The maximum Gasteiger partial charge on any atom is 0.323 e. The highest BCUT2D eigenvalue weighted by Gasteiger charge is 2.23. The van der Waals surface area contributed by atoms with Crippen molar-refractivity contribution in [2.24, 2.45) is 0 Å². The number of aryl methyl sites for hydroxylation is 1. The molecular weight excluding hydrogens is 514 g/mol. The number of carbonyl (C=O) groups excluding carboxylic acids is 1. The topological polar surface area (TPSA) is 111 Å². The molecule has 0 amide bonds. The van der Waals surface area contributed by atoms with Crippen molar-refractivity contribution >= 4 is 17.6 Å². The average Bonchev–Trinajstić information content (AvgIpc) is 3.50. The highest BCUT2D eigenvalue weighted by molar-refractivity contribution is 6.30. The van der Waals surface area contributed by atoms with Crippen molar-refractivity contribution in [3.05, 3.63) is 70.8 Å². The van der Waals surface area contributed by atoms with E-state index in [1.807, 2.05) is 18.2 Å². The number of imidazole rings is 1. The Bertz CT molecular complexity index is 1360. The van der Waals surface area contributed by atoms with E-state index >= 15 is 0 Å². The number of H-pyrrole nitrogens is 1. The molecule has 39 heavy (non-hydrogen) atoms. The van der Waals surface area contributed by atoms with E-state index in [-0.39, 0.29) is 18.6 Å². The van der Waals surface area contributed by atoms with Gasteiger partial charge in [0.2, 0.25) is 5.82 Å². The summed E-state index contributed by atoms with van der Waals surface area (Å²) in [7, 11) is 0. The number of halogens is 1. The van der Waals surface area contributed by atoms with Crippen LogP contribution in [0.25, 0.3) is 22.5 Å². The van der Waals surface area contributed by atoms with Gasteiger partial charge in [0, 0.05) is 18.5 Å². The summed E-state index contributed by atoms with van der Waals surface area (Å²) in [6.45, 7) is 3.68. The molecular formula is C29H34ClN7O2. The number of hydrogen-bond donors (Lipinski definition) is 2. The number of unbranched alkanes of at least 4 members (excludes halogenated alkanes) is 1. The number of aromatic nitrogens is 6. The van der Waals surface area contributed by atoms with Gasteiger partial charge < -0.3 is 14.6 Å². The molecule has 5 rings (SSSR count). The number of hydrogen-bond acceptors (Lipinski definition) is 7. The monoisotopic (exact) mass is 547 g/mol. The molecule has 1 aliphatic rings. The number of aromatic amines is 1. The number of nitrogens with zero attached hydrogens (tertiary/aromatic N) is 5. The van der Waals surface area contributed by atoms with Gasteiger partial charge in [0.15, 0.2) is 5.15 Å². The smallest absolute Gasteiger partial charge is 0.323 e. The van der Waals surface area contributed by atoms with Crippen LogP contribution in [0.1, 0.15) is 62.5 Å². The molecule has 4 aromatic rings. The Kier molecular flexibility index (Phi) is 9.00. The third-order valence-corrected chi connectivity index (χ3v) is 7.47. The van der Waals surface area contributed by atoms with E-state index in [1.165, 1.54) is 0 Å². The Morgan fingerprint density at radius 1 is 1.10 bits per heavy atom. The molecule has 2 aromatic heterocycles. The van der Waals surface area contributed by atoms with Crippen molar-refractivity contribution in [2.75, 3.05) is 6.54 Å². The summed E-state index contributed by atoms with van der Waals surface area (Å²) < 4.78 is 7.86. The second-order valence-corrected chi connectivity index (χ2v) is 10.3. The largest absolute Gasteiger partial charge is 0.458 e. The fourth-order valence-corrected chi connectivity index (χ4v) is 5.26. The van der Waals surface area contributed by atoms with Gasteiger partial charge in [-0.05, 0) is 47.7 Å². The first kappa shape index (κ1) is 27.0. The minimum atomic E-state index is -0.259. The number of benzene rings is 2. The van der Waals surface area contributed by atoms with E-state index in [9.17, 15) is 4.79 Å². The highest BCUT2D eigenvalue weighted by Crippen LogP contribution is 2.30. The van der Waals surface area contributed by atoms with Crippen LogP contribution in [0.4, 0.5) is 0 Å². The summed E-state index contributed by atoms with van der Waals surface area (Å²) in [5.41, 5.74) is 4.82. The number of tetrazole rings is 1. The standard InChI is InChI=1S/C29H34ClN7O2/c1-2-3-12-26-32-27(30)25(19-39-29(38)24-11-5-4-8-17-31-24)37(26)18-20-13-15-21(16-14-20)22-9-6-7-10-23(22)28-33-35-36-34-28/h6-7,9-10,13-16,24,31H,2-5,8,11-12,17-19H2,1H3,(H,33,34,35,36)/t24-/m1/s1. The number of carbonyl (C=O) groups is 1. The van der Waals surface area contributed by atoms with Crippen molar-refractivity contribution < 1.29 is 9.53 Å². The van der Waals surface area contributed by atoms with E-state index < -0.39 is 0 Å². The SMILES string of the molecule is CCCCc1nc(Cl)c(COC(=O)[C@H]2CCCCCN2)n1Cc1ccc(-c2ccccc2-c2nn[nH]n2)cc1. The third-order valence-electron chi connectivity index (χ3n) is 7.17. The molecule has 1 fully saturated rings. The highest BCUT2D eigenvalue weighted by atomic mass is 35.5. The number of nitrogens with one attached hydrogen (secondary N) is 2. The summed E-state index contributed by atoms with van der Waals surface area (Å²) in [5.74, 6) is 1.24. The molecule has 0 aliphatic carbocycles. The first-order chi connectivity index (χ1) is 19.1. The minimum absolute atomic E-state index is 0.102. The molecule has 1 saturated heterocycles. The van der Waals surface area contributed by atoms with Crippen LogP contribution < -0.4 is 5.32 Å². The third kappa shape index (κ3) is 6.54. The van der Waals surface area contributed by atoms with Crippen LogP contribution >= 0.6 is 11.6 Å². The zero-order valence-electron chi connectivity index (χ0n) is 22.2. The first-order valence-corrected chi connectivity index (χ1v) is 14.1. The summed E-state index contributed by atoms with van der Waals surface area (Å²) in [4.78, 5) is 17.5. The zero-order chi connectivity index (χ0) is 27.0. The molecule has 1 atom stereocenters. The van der Waals surface area contributed by atoms with Crippen LogP contribution in [-0.4, -0.2) is 48.7 Å². The Morgan fingerprint density at radius 2 is 1.92 bits per heavy atom. The van der Waals surface area contributed by atoms with Gasteiger partial charge >= 0.3 is 5.97 Å². The second-order valence-electron chi connectivity index (χ2n) is 9.90. The van der Waals surface area contributed by atoms with Gasteiger partial charge in [-0.3, -0.25) is 4.79 Å². The summed E-state index contributed by atoms with van der Waals surface area (Å²) in [5, 5.41) is 18.2. The van der Waals surface area contributed by atoms with Crippen LogP contribution in [0.5, 0.6) is 0 Å². The number of ether oxygens (including phenoxy) is 1. The van der Waals surface area contributed by atoms with E-state index in [4.69, 9.17) is 16.3 Å². The van der Waals surface area contributed by atoms with Crippen LogP contribution in [0, 0.1) is 0 Å². The average molecular weight is 548 g/mol. The van der Waals surface area contributed by atoms with E-state index in [0.717, 1.165) is 85.3 Å². The molecule has 9 nitrogen and oxygen atoms in total. The van der Waals surface area contributed by atoms with E-state index in [2.05, 4.69) is 72.7 Å². The Hall–Kier alpha value is -3.56. The van der Waals surface area contributed by atoms with Gasteiger partial charge in [0.25, 0.3) is 0 Å². The Labute approximate surface area is 233 Å². The summed E-state index contributed by atoms with van der Waals surface area (Å²) in [6, 6.07) is 16.1. The lowest BCUT2D eigenvalue weighted by atomic mass is 9.98. The van der Waals surface area contributed by atoms with Gasteiger partial charge in [0.1, 0.15) is 18.5 Å². The number of esters is 1. The zero-order valence-corrected chi connectivity index (χ0v) is 23.0. The van der Waals surface area contributed by atoms with Crippen molar-refractivity contribution in [2.45, 2.75) is 71.1 Å². The molecule has 0 saturated carbocycles. The van der Waals surface area contributed by atoms with Gasteiger partial charge in [-0.25, -0.2) is 4.98 Å². The summed E-state index contributed by atoms with van der Waals surface area (Å²) >= 11 is 6.60. The molecule has 2 aromatic carbocycles. The van der Waals surface area contributed by atoms with Crippen LogP contribution in [0.2, 0.25) is 5.15 Å². The molecule has 0 unspecified atom stereocenters.